The Bertz CT molecular complexity index is 784. The van der Waals surface area contributed by atoms with Crippen LogP contribution in [0.5, 0.6) is 0 Å². The summed E-state index contributed by atoms with van der Waals surface area (Å²) in [5, 5.41) is 7.37. The molecule has 1 saturated heterocycles. The molecule has 150 valence electrons. The van der Waals surface area contributed by atoms with Gasteiger partial charge in [-0.15, -0.1) is 0 Å². The number of likely N-dealkylation sites (tertiary alicyclic amines) is 1. The van der Waals surface area contributed by atoms with E-state index in [-0.39, 0.29) is 17.9 Å². The number of nitrogens with one attached hydrogen (secondary N) is 1. The molecule has 1 aromatic heterocycles. The Morgan fingerprint density at radius 1 is 1.25 bits per heavy atom. The third kappa shape index (κ3) is 4.96. The third-order valence-electron chi connectivity index (χ3n) is 5.08. The van der Waals surface area contributed by atoms with Crippen LogP contribution in [-0.2, 0) is 14.3 Å². The van der Waals surface area contributed by atoms with Gasteiger partial charge < -0.3 is 20.7 Å². The number of carbonyl (C=O) groups is 2. The van der Waals surface area contributed by atoms with E-state index in [1.165, 1.54) is 7.11 Å². The molecule has 0 bridgehead atoms. The predicted octanol–water partition coefficient (Wildman–Crippen LogP) is 1.72. The largest absolute Gasteiger partial charge is 0.370 e. The average molecular weight is 385 g/mol. The lowest BCUT2D eigenvalue weighted by Gasteiger charge is -2.32. The summed E-state index contributed by atoms with van der Waals surface area (Å²) in [6.45, 7) is 2.43. The maximum atomic E-state index is 12.7. The topological polar surface area (TPSA) is 102 Å². The van der Waals surface area contributed by atoms with E-state index in [0.29, 0.717) is 18.8 Å². The Morgan fingerprint density at radius 3 is 2.61 bits per heavy atom. The van der Waals surface area contributed by atoms with Gasteiger partial charge in [0.05, 0.1) is 12.2 Å². The van der Waals surface area contributed by atoms with E-state index in [9.17, 15) is 9.59 Å². The Kier molecular flexibility index (Phi) is 6.78. The van der Waals surface area contributed by atoms with Gasteiger partial charge in [0.2, 0.25) is 5.91 Å². The van der Waals surface area contributed by atoms with Gasteiger partial charge in [0.25, 0.3) is 5.91 Å². The number of amides is 2. The highest BCUT2D eigenvalue weighted by atomic mass is 16.5. The van der Waals surface area contributed by atoms with Gasteiger partial charge >= 0.3 is 0 Å². The SMILES string of the molecule is COC(C(=O)Nc1ccnn1C1CCN(CCC(N)=O)CC1)c1ccccc1. The lowest BCUT2D eigenvalue weighted by Crippen LogP contribution is -2.37. The zero-order chi connectivity index (χ0) is 19.9. The Morgan fingerprint density at radius 2 is 1.96 bits per heavy atom. The first kappa shape index (κ1) is 20.0. The summed E-state index contributed by atoms with van der Waals surface area (Å²) in [5.74, 6) is 0.165. The molecule has 0 radical (unpaired) electrons. The number of primary amides is 1. The zero-order valence-electron chi connectivity index (χ0n) is 16.1. The molecule has 1 unspecified atom stereocenters. The number of nitrogens with two attached hydrogens (primary N) is 1. The number of methoxy groups -OCH3 is 1. The Balaban J connectivity index is 1.61. The van der Waals surface area contributed by atoms with Crippen molar-refractivity contribution >= 4 is 17.6 Å². The molecule has 3 N–H and O–H groups in total. The number of aromatic nitrogens is 2. The maximum absolute atomic E-state index is 12.7. The highest BCUT2D eigenvalue weighted by Crippen LogP contribution is 2.26. The second kappa shape index (κ2) is 9.48. The van der Waals surface area contributed by atoms with Crippen molar-refractivity contribution in [1.29, 1.82) is 0 Å². The van der Waals surface area contributed by atoms with Gasteiger partial charge in [-0.2, -0.15) is 5.10 Å². The van der Waals surface area contributed by atoms with E-state index in [4.69, 9.17) is 10.5 Å². The minimum absolute atomic E-state index is 0.202. The van der Waals surface area contributed by atoms with Crippen molar-refractivity contribution in [2.45, 2.75) is 31.4 Å². The summed E-state index contributed by atoms with van der Waals surface area (Å²) >= 11 is 0. The van der Waals surface area contributed by atoms with Crippen LogP contribution in [0.3, 0.4) is 0 Å². The lowest BCUT2D eigenvalue weighted by atomic mass is 10.0. The fourth-order valence-electron chi connectivity index (χ4n) is 3.57. The number of piperidine rings is 1. The second-order valence-corrected chi connectivity index (χ2v) is 6.97. The number of hydrogen-bond acceptors (Lipinski definition) is 5. The molecule has 1 atom stereocenters. The molecule has 28 heavy (non-hydrogen) atoms. The standard InChI is InChI=1S/C20H27N5O3/c1-28-19(15-5-3-2-4-6-15)20(27)23-18-7-11-22-25(18)16-8-12-24(13-9-16)14-10-17(21)26/h2-7,11,16,19H,8-10,12-14H2,1H3,(H2,21,26)(H,23,27). The summed E-state index contributed by atoms with van der Waals surface area (Å²) in [6.07, 6.45) is 3.19. The molecule has 2 aromatic rings. The summed E-state index contributed by atoms with van der Waals surface area (Å²) in [4.78, 5) is 25.9. The zero-order valence-corrected chi connectivity index (χ0v) is 16.1. The van der Waals surface area contributed by atoms with Crippen molar-refractivity contribution in [3.63, 3.8) is 0 Å². The van der Waals surface area contributed by atoms with Gasteiger partial charge in [0.15, 0.2) is 6.10 Å². The first-order valence-corrected chi connectivity index (χ1v) is 9.51. The molecule has 8 heteroatoms. The molecule has 1 aromatic carbocycles. The van der Waals surface area contributed by atoms with Crippen molar-refractivity contribution in [2.24, 2.45) is 5.73 Å². The van der Waals surface area contributed by atoms with E-state index in [0.717, 1.165) is 31.5 Å². The summed E-state index contributed by atoms with van der Waals surface area (Å²) in [7, 11) is 1.52. The number of carbonyl (C=O) groups excluding carboxylic acids is 2. The lowest BCUT2D eigenvalue weighted by molar-refractivity contribution is -0.126. The fraction of sp³-hybridized carbons (Fsp3) is 0.450. The van der Waals surface area contributed by atoms with Gasteiger partial charge in [-0.1, -0.05) is 30.3 Å². The highest BCUT2D eigenvalue weighted by Gasteiger charge is 2.25. The van der Waals surface area contributed by atoms with Crippen LogP contribution in [0.4, 0.5) is 5.82 Å². The van der Waals surface area contributed by atoms with Crippen LogP contribution in [0.1, 0.15) is 37.0 Å². The number of ether oxygens (including phenoxy) is 1. The molecule has 1 aliphatic heterocycles. The minimum atomic E-state index is -0.680. The van der Waals surface area contributed by atoms with Crippen LogP contribution in [0.2, 0.25) is 0 Å². The predicted molar refractivity (Wildman–Crippen MR) is 106 cm³/mol. The van der Waals surface area contributed by atoms with Gasteiger partial charge in [-0.05, 0) is 18.4 Å². The first-order chi connectivity index (χ1) is 13.6. The molecule has 0 aliphatic carbocycles. The monoisotopic (exact) mass is 385 g/mol. The van der Waals surface area contributed by atoms with E-state index >= 15 is 0 Å². The Labute approximate surface area is 164 Å². The molecule has 1 fully saturated rings. The number of anilines is 1. The molecule has 1 aliphatic rings. The van der Waals surface area contributed by atoms with E-state index in [2.05, 4.69) is 15.3 Å². The van der Waals surface area contributed by atoms with E-state index in [1.807, 2.05) is 35.0 Å². The number of nitrogens with zero attached hydrogens (tertiary/aromatic N) is 3. The quantitative estimate of drug-likeness (QED) is 0.720. The molecule has 3 rings (SSSR count). The van der Waals surface area contributed by atoms with E-state index in [1.54, 1.807) is 12.3 Å². The van der Waals surface area contributed by atoms with E-state index < -0.39 is 6.10 Å². The van der Waals surface area contributed by atoms with Crippen LogP contribution in [0.25, 0.3) is 0 Å². The van der Waals surface area contributed by atoms with Crippen molar-refractivity contribution in [3.8, 4) is 0 Å². The molecule has 2 amide bonds. The molecular formula is C20H27N5O3. The molecular weight excluding hydrogens is 358 g/mol. The third-order valence-corrected chi connectivity index (χ3v) is 5.08. The first-order valence-electron chi connectivity index (χ1n) is 9.51. The fourth-order valence-corrected chi connectivity index (χ4v) is 3.57. The van der Waals surface area contributed by atoms with Crippen molar-refractivity contribution in [1.82, 2.24) is 14.7 Å². The Hall–Kier alpha value is -2.71. The smallest absolute Gasteiger partial charge is 0.259 e. The van der Waals surface area contributed by atoms with Crippen LogP contribution in [0, 0.1) is 0 Å². The average Bonchev–Trinajstić information content (AvgIpc) is 3.16. The van der Waals surface area contributed by atoms with Gasteiger partial charge in [0, 0.05) is 39.2 Å². The molecule has 0 saturated carbocycles. The number of rotatable bonds is 8. The van der Waals surface area contributed by atoms with Crippen LogP contribution in [0.15, 0.2) is 42.6 Å². The molecule has 2 heterocycles. The highest BCUT2D eigenvalue weighted by molar-refractivity contribution is 5.94. The van der Waals surface area contributed by atoms with Crippen LogP contribution in [-0.4, -0.2) is 53.2 Å². The summed E-state index contributed by atoms with van der Waals surface area (Å²) in [5.41, 5.74) is 6.03. The molecule has 8 nitrogen and oxygen atoms in total. The van der Waals surface area contributed by atoms with Crippen LogP contribution < -0.4 is 11.1 Å². The second-order valence-electron chi connectivity index (χ2n) is 6.97. The minimum Gasteiger partial charge on any atom is -0.370 e. The molecule has 0 spiro atoms. The number of benzene rings is 1. The van der Waals surface area contributed by atoms with Gasteiger partial charge in [-0.25, -0.2) is 4.68 Å². The van der Waals surface area contributed by atoms with Crippen molar-refractivity contribution < 1.29 is 14.3 Å². The summed E-state index contributed by atoms with van der Waals surface area (Å²) in [6, 6.07) is 11.4. The van der Waals surface area contributed by atoms with Crippen molar-refractivity contribution in [3.05, 3.63) is 48.2 Å². The normalized spacial score (nSPS) is 16.6. The van der Waals surface area contributed by atoms with Gasteiger partial charge in [0.1, 0.15) is 5.82 Å². The summed E-state index contributed by atoms with van der Waals surface area (Å²) < 4.78 is 7.28. The van der Waals surface area contributed by atoms with Gasteiger partial charge in [-0.3, -0.25) is 9.59 Å². The van der Waals surface area contributed by atoms with Crippen LogP contribution >= 0.6 is 0 Å². The number of hydrogen-bond donors (Lipinski definition) is 2. The maximum Gasteiger partial charge on any atom is 0.259 e. The van der Waals surface area contributed by atoms with Crippen molar-refractivity contribution in [2.75, 3.05) is 32.1 Å².